The molecule has 1 aromatic heterocycles. The molecule has 0 saturated carbocycles. The predicted molar refractivity (Wildman–Crippen MR) is 124 cm³/mol. The van der Waals surface area contributed by atoms with Gasteiger partial charge in [0.1, 0.15) is 6.54 Å². The third kappa shape index (κ3) is 4.30. The van der Waals surface area contributed by atoms with E-state index in [-0.39, 0.29) is 24.9 Å². The molecule has 8 nitrogen and oxygen atoms in total. The smallest absolute Gasteiger partial charge is 0.260 e. The Labute approximate surface area is 196 Å². The quantitative estimate of drug-likeness (QED) is 0.582. The van der Waals surface area contributed by atoms with Gasteiger partial charge in [-0.1, -0.05) is 29.8 Å². The van der Waals surface area contributed by atoms with Crippen LogP contribution in [0.1, 0.15) is 40.5 Å². The SMILES string of the molecule is Cc1nnc(CN2Cc3ccccc3N(C(=O)c3ccc(N4CCCC4)cc3Cl)CC2=O)o1. The largest absolute Gasteiger partial charge is 0.424 e. The molecule has 2 amide bonds. The zero-order valence-corrected chi connectivity index (χ0v) is 19.1. The molecule has 2 aliphatic heterocycles. The lowest BCUT2D eigenvalue weighted by Gasteiger charge is -2.23. The van der Waals surface area contributed by atoms with Crippen LogP contribution in [0.25, 0.3) is 0 Å². The first-order valence-electron chi connectivity index (χ1n) is 11.0. The number of fused-ring (bicyclic) bond motifs is 1. The Kier molecular flexibility index (Phi) is 5.76. The number of carbonyl (C=O) groups is 2. The second-order valence-corrected chi connectivity index (χ2v) is 8.75. The van der Waals surface area contributed by atoms with E-state index in [1.807, 2.05) is 36.4 Å². The average molecular weight is 466 g/mol. The summed E-state index contributed by atoms with van der Waals surface area (Å²) < 4.78 is 5.46. The van der Waals surface area contributed by atoms with Gasteiger partial charge in [-0.2, -0.15) is 0 Å². The number of hydrogen-bond acceptors (Lipinski definition) is 6. The van der Waals surface area contributed by atoms with E-state index < -0.39 is 0 Å². The molecular weight excluding hydrogens is 442 g/mol. The van der Waals surface area contributed by atoms with Gasteiger partial charge in [0, 0.05) is 37.9 Å². The first kappa shape index (κ1) is 21.5. The van der Waals surface area contributed by atoms with Crippen LogP contribution >= 0.6 is 11.6 Å². The summed E-state index contributed by atoms with van der Waals surface area (Å²) in [6.07, 6.45) is 2.31. The van der Waals surface area contributed by atoms with Crippen LogP contribution in [0.15, 0.2) is 46.9 Å². The van der Waals surface area contributed by atoms with Gasteiger partial charge in [0.25, 0.3) is 5.91 Å². The summed E-state index contributed by atoms with van der Waals surface area (Å²) in [5.74, 6) is 0.291. The zero-order valence-electron chi connectivity index (χ0n) is 18.3. The number of aryl methyl sites for hydroxylation is 1. The molecule has 170 valence electrons. The minimum absolute atomic E-state index is 0.104. The molecule has 1 saturated heterocycles. The fourth-order valence-electron chi connectivity index (χ4n) is 4.41. The van der Waals surface area contributed by atoms with Crippen LogP contribution in [0, 0.1) is 6.92 Å². The number of halogens is 1. The van der Waals surface area contributed by atoms with E-state index in [0.717, 1.165) is 37.2 Å². The Balaban J connectivity index is 1.44. The maximum absolute atomic E-state index is 13.6. The van der Waals surface area contributed by atoms with E-state index >= 15 is 0 Å². The summed E-state index contributed by atoms with van der Waals surface area (Å²) in [5, 5.41) is 8.22. The fraction of sp³-hybridized carbons (Fsp3) is 0.333. The molecule has 9 heteroatoms. The summed E-state index contributed by atoms with van der Waals surface area (Å²) in [6, 6.07) is 13.1. The van der Waals surface area contributed by atoms with Crippen molar-refractivity contribution in [3.63, 3.8) is 0 Å². The van der Waals surface area contributed by atoms with E-state index in [4.69, 9.17) is 16.0 Å². The van der Waals surface area contributed by atoms with Crippen LogP contribution in [0.2, 0.25) is 5.02 Å². The van der Waals surface area contributed by atoms with Crippen molar-refractivity contribution >= 4 is 34.8 Å². The summed E-state index contributed by atoms with van der Waals surface area (Å²) in [7, 11) is 0. The van der Waals surface area contributed by atoms with E-state index in [0.29, 0.717) is 34.6 Å². The van der Waals surface area contributed by atoms with Crippen LogP contribution < -0.4 is 9.80 Å². The first-order valence-corrected chi connectivity index (χ1v) is 11.4. The van der Waals surface area contributed by atoms with Gasteiger partial charge in [0.05, 0.1) is 17.1 Å². The summed E-state index contributed by atoms with van der Waals surface area (Å²) >= 11 is 6.57. The van der Waals surface area contributed by atoms with Crippen molar-refractivity contribution in [2.45, 2.75) is 32.9 Å². The van der Waals surface area contributed by atoms with E-state index in [1.165, 1.54) is 4.90 Å². The van der Waals surface area contributed by atoms with Crippen LogP contribution in [-0.2, 0) is 17.9 Å². The maximum atomic E-state index is 13.6. The lowest BCUT2D eigenvalue weighted by molar-refractivity contribution is -0.131. The second-order valence-electron chi connectivity index (χ2n) is 8.34. The van der Waals surface area contributed by atoms with Crippen LogP contribution in [0.4, 0.5) is 11.4 Å². The third-order valence-electron chi connectivity index (χ3n) is 6.08. The molecule has 0 spiro atoms. The van der Waals surface area contributed by atoms with Crippen LogP contribution in [0.3, 0.4) is 0 Å². The van der Waals surface area contributed by atoms with E-state index in [1.54, 1.807) is 17.9 Å². The predicted octanol–water partition coefficient (Wildman–Crippen LogP) is 3.82. The molecule has 33 heavy (non-hydrogen) atoms. The minimum atomic E-state index is -0.302. The number of rotatable bonds is 4. The Bertz CT molecular complexity index is 1200. The van der Waals surface area contributed by atoms with Crippen molar-refractivity contribution < 1.29 is 14.0 Å². The van der Waals surface area contributed by atoms with Gasteiger partial charge >= 0.3 is 0 Å². The van der Waals surface area contributed by atoms with Crippen molar-refractivity contribution in [3.8, 4) is 0 Å². The van der Waals surface area contributed by atoms with Gasteiger partial charge in [-0.3, -0.25) is 14.5 Å². The van der Waals surface area contributed by atoms with Gasteiger partial charge in [-0.15, -0.1) is 10.2 Å². The Hall–Kier alpha value is -3.39. The standard InChI is InChI=1S/C24H24ClN5O3/c1-16-26-27-22(33-16)14-29-13-17-6-2-3-7-21(17)30(15-23(29)31)24(32)19-9-8-18(12-20(19)25)28-10-4-5-11-28/h2-3,6-9,12H,4-5,10-11,13-15H2,1H3. The number of anilines is 2. The highest BCUT2D eigenvalue weighted by Gasteiger charge is 2.31. The summed E-state index contributed by atoms with van der Waals surface area (Å²) in [6.45, 7) is 4.10. The van der Waals surface area contributed by atoms with Crippen molar-refractivity contribution in [2.75, 3.05) is 29.4 Å². The number of hydrogen-bond donors (Lipinski definition) is 0. The molecular formula is C24H24ClN5O3. The summed E-state index contributed by atoms with van der Waals surface area (Å²) in [4.78, 5) is 32.1. The molecule has 2 aromatic carbocycles. The molecule has 2 aliphatic rings. The molecule has 0 bridgehead atoms. The monoisotopic (exact) mass is 465 g/mol. The molecule has 3 aromatic rings. The fourth-order valence-corrected chi connectivity index (χ4v) is 4.66. The van der Waals surface area contributed by atoms with Crippen LogP contribution in [0.5, 0.6) is 0 Å². The number of para-hydroxylation sites is 1. The van der Waals surface area contributed by atoms with Gasteiger partial charge in [-0.05, 0) is 42.7 Å². The van der Waals surface area contributed by atoms with Gasteiger partial charge in [-0.25, -0.2) is 0 Å². The number of nitrogens with zero attached hydrogens (tertiary/aromatic N) is 5. The van der Waals surface area contributed by atoms with Crippen molar-refractivity contribution in [3.05, 3.63) is 70.4 Å². The Morgan fingerprint density at radius 2 is 1.88 bits per heavy atom. The number of benzene rings is 2. The van der Waals surface area contributed by atoms with E-state index in [2.05, 4.69) is 15.1 Å². The van der Waals surface area contributed by atoms with Crippen molar-refractivity contribution in [2.24, 2.45) is 0 Å². The molecule has 3 heterocycles. The average Bonchev–Trinajstić information content (AvgIpc) is 3.46. The Morgan fingerprint density at radius 3 is 2.61 bits per heavy atom. The molecule has 0 atom stereocenters. The highest BCUT2D eigenvalue weighted by atomic mass is 35.5. The highest BCUT2D eigenvalue weighted by Crippen LogP contribution is 2.31. The molecule has 0 aliphatic carbocycles. The minimum Gasteiger partial charge on any atom is -0.424 e. The molecule has 0 N–H and O–H groups in total. The molecule has 0 unspecified atom stereocenters. The number of aromatic nitrogens is 2. The highest BCUT2D eigenvalue weighted by molar-refractivity contribution is 6.35. The van der Waals surface area contributed by atoms with Gasteiger partial charge in [0.15, 0.2) is 0 Å². The molecule has 5 rings (SSSR count). The third-order valence-corrected chi connectivity index (χ3v) is 6.40. The Morgan fingerprint density at radius 1 is 1.09 bits per heavy atom. The maximum Gasteiger partial charge on any atom is 0.260 e. The second kappa shape index (κ2) is 8.86. The molecule has 1 fully saturated rings. The van der Waals surface area contributed by atoms with Crippen LogP contribution in [-0.4, -0.2) is 46.5 Å². The zero-order chi connectivity index (χ0) is 22.9. The lowest BCUT2D eigenvalue weighted by Crippen LogP contribution is -2.40. The normalized spacial score (nSPS) is 16.2. The van der Waals surface area contributed by atoms with E-state index in [9.17, 15) is 9.59 Å². The number of carbonyl (C=O) groups excluding carboxylic acids is 2. The number of amides is 2. The topological polar surface area (TPSA) is 82.8 Å². The van der Waals surface area contributed by atoms with Crippen molar-refractivity contribution in [1.82, 2.24) is 15.1 Å². The van der Waals surface area contributed by atoms with Crippen molar-refractivity contribution in [1.29, 1.82) is 0 Å². The van der Waals surface area contributed by atoms with Gasteiger partial charge in [0.2, 0.25) is 17.7 Å². The van der Waals surface area contributed by atoms with Gasteiger partial charge < -0.3 is 14.2 Å². The lowest BCUT2D eigenvalue weighted by atomic mass is 10.1. The summed E-state index contributed by atoms with van der Waals surface area (Å²) in [5.41, 5.74) is 2.95. The first-order chi connectivity index (χ1) is 16.0. The molecule has 0 radical (unpaired) electrons.